The predicted molar refractivity (Wildman–Crippen MR) is 536 cm³/mol. The molecule has 0 bridgehead atoms. The summed E-state index contributed by atoms with van der Waals surface area (Å²) in [7, 11) is 0. The van der Waals surface area contributed by atoms with Crippen molar-refractivity contribution in [3.63, 3.8) is 0 Å². The molecule has 1 saturated carbocycles. The number of rotatable bonds is 19. The van der Waals surface area contributed by atoms with Crippen molar-refractivity contribution in [2.75, 3.05) is 79.3 Å². The first kappa shape index (κ1) is 100. The molecule has 18 heterocycles. The number of H-pyrrole nitrogens is 6. The molecule has 23 rings (SSSR count). The number of aryl methyl sites for hydroxylation is 2. The zero-order valence-corrected chi connectivity index (χ0v) is 82.5. The summed E-state index contributed by atoms with van der Waals surface area (Å²) in [6.45, 7) is 14.9. The molecule has 1 aliphatic carbocycles. The van der Waals surface area contributed by atoms with E-state index in [0.29, 0.717) is 151 Å². The molecular weight excluding hydrogens is 1930 g/mol. The summed E-state index contributed by atoms with van der Waals surface area (Å²) in [4.78, 5) is 119. The second-order valence-electron chi connectivity index (χ2n) is 37.8. The summed E-state index contributed by atoms with van der Waals surface area (Å²) in [5.74, 6) is 3.10. The van der Waals surface area contributed by atoms with Crippen LogP contribution in [0.4, 0.5) is 13.2 Å². The van der Waals surface area contributed by atoms with Gasteiger partial charge in [-0.1, -0.05) is 128 Å². The Morgan fingerprint density at radius 2 is 0.671 bits per heavy atom. The molecule has 752 valence electrons. The molecule has 12 aromatic heterocycles. The lowest BCUT2D eigenvalue weighted by atomic mass is 9.96. The van der Waals surface area contributed by atoms with Crippen molar-refractivity contribution in [2.45, 2.75) is 218 Å². The number of halogens is 5. The minimum Gasteiger partial charge on any atom is -0.381 e. The lowest BCUT2D eigenvalue weighted by Crippen LogP contribution is -2.22. The van der Waals surface area contributed by atoms with E-state index in [1.807, 2.05) is 55.1 Å². The van der Waals surface area contributed by atoms with Gasteiger partial charge in [-0.05, 0) is 155 Å². The molecule has 0 amide bonds. The second-order valence-corrected chi connectivity index (χ2v) is 39.1. The van der Waals surface area contributed by atoms with Crippen LogP contribution in [0.1, 0.15) is 235 Å². The molecule has 36 nitrogen and oxygen atoms in total. The van der Waals surface area contributed by atoms with Crippen molar-refractivity contribution in [1.29, 1.82) is 0 Å². The molecule has 4 aromatic carbocycles. The number of hydrogen-bond acceptors (Lipinski definition) is 24. The third-order valence-electron chi connectivity index (χ3n) is 27.3. The van der Waals surface area contributed by atoms with Crippen LogP contribution in [0, 0.1) is 36.2 Å². The highest BCUT2D eigenvalue weighted by atomic mass is 79.9. The molecule has 41 heteroatoms. The summed E-state index contributed by atoms with van der Waals surface area (Å²) >= 11 is 9.62. The lowest BCUT2D eigenvalue weighted by molar-refractivity contribution is 0.0672. The Morgan fingerprint density at radius 1 is 0.364 bits per heavy atom. The van der Waals surface area contributed by atoms with Crippen LogP contribution in [0.15, 0.2) is 155 Å². The third kappa shape index (κ3) is 24.7. The summed E-state index contributed by atoms with van der Waals surface area (Å²) in [5, 5.41) is 29.8. The van der Waals surface area contributed by atoms with Crippen LogP contribution in [0.3, 0.4) is 0 Å². The van der Waals surface area contributed by atoms with Crippen LogP contribution in [0.5, 0.6) is 0 Å². The van der Waals surface area contributed by atoms with Gasteiger partial charge < -0.3 is 58.3 Å². The van der Waals surface area contributed by atoms with Gasteiger partial charge in [-0.15, -0.1) is 0 Å². The Balaban J connectivity index is 0.000000113. The fourth-order valence-electron chi connectivity index (χ4n) is 19.5. The van der Waals surface area contributed by atoms with Crippen LogP contribution in [0.25, 0.3) is 66.2 Å². The standard InChI is InChI=1S/C18H20N4O2.C18H26N4O2.C17H17BrN4O2.C17H16ClFN4O2.C17H16F2N4O2.C15H22N4O2/c1-12-4-2-3-5-13(12)10-16-20-17-15(18(23)21-16)11-19-22(17)14-6-8-24-9-7-14;23-18-15-12-19-22(14-7-9-24-10-8-14)17(15)20-16(21-18)11-13-5-3-1-2-4-6-13;18-14-4-2-1-3-11(14)9-15-20-16-13(17(23)21-15)10-19-22(16)12-5-7-24-8-6-12;18-13-2-1-3-14(19)11(13)8-15-21-16-12(17(24)22-15)9-20-23(16)10-4-6-25-7-5-10;18-11-5-10(6-12(19)8-11)7-15-21-16-14(17(24)22-15)9-20-23(16)13-1-3-25-4-2-13;1-10(2)3-4-13-17-14-12(15(20)18-13)9-16-19(14)11-5-7-21-8-6-11/h2-5,11,14H,6-10H2,1H3,(H,20,21,23);12-14H,1-11H2,(H,20,21,23);1-4,10,12H,5-9H2,(H,20,21,23);1-3,9-10H,4-8H2,(H,21,22,24);5-6,8-9,13H,1-4,7H2,(H,21,22,24);9-11H,3-8H2,1-2H3,(H,17,18,20). The zero-order valence-electron chi connectivity index (χ0n) is 80.2. The van der Waals surface area contributed by atoms with Crippen molar-refractivity contribution in [3.05, 3.63) is 274 Å². The summed E-state index contributed by atoms with van der Waals surface area (Å²) in [5.41, 5.74) is 6.94. The van der Waals surface area contributed by atoms with Gasteiger partial charge in [0, 0.05) is 139 Å². The van der Waals surface area contributed by atoms with E-state index in [1.54, 1.807) is 46.3 Å². The molecule has 7 aliphatic rings. The zero-order chi connectivity index (χ0) is 99.0. The van der Waals surface area contributed by atoms with Crippen molar-refractivity contribution in [2.24, 2.45) is 11.8 Å². The summed E-state index contributed by atoms with van der Waals surface area (Å²) < 4.78 is 85.3. The summed E-state index contributed by atoms with van der Waals surface area (Å²) in [6.07, 6.45) is 32.0. The second kappa shape index (κ2) is 47.2. The Bertz CT molecular complexity index is 7270. The first-order valence-electron chi connectivity index (χ1n) is 49.5. The van der Waals surface area contributed by atoms with Crippen molar-refractivity contribution in [3.8, 4) is 0 Å². The van der Waals surface area contributed by atoms with E-state index in [2.05, 4.69) is 124 Å². The topological polar surface area (TPSA) is 437 Å². The van der Waals surface area contributed by atoms with Gasteiger partial charge in [0.05, 0.1) is 73.4 Å². The number of aromatic nitrogens is 24. The van der Waals surface area contributed by atoms with E-state index < -0.39 is 17.5 Å². The third-order valence-corrected chi connectivity index (χ3v) is 28.5. The lowest BCUT2D eigenvalue weighted by Gasteiger charge is -2.22. The Labute approximate surface area is 831 Å². The SMILES string of the molecule is CC(C)CCc1nc2c(cnn2C2CCOCC2)c(=O)[nH]1.Cc1ccccc1Cc1nc2c(cnn2C2CCOCC2)c(=O)[nH]1.O=c1[nH]c(CC2CCCCCC2)nc2c1cnn2C1CCOCC1.O=c1[nH]c(Cc2c(F)cccc2Cl)nc2c1cnn2C1CCOCC1.O=c1[nH]c(Cc2cc(F)cc(F)c2)nc2c1cnn2C1CCOCC1.O=c1[nH]c(Cc2ccccc2Br)nc2c1cnn2C1CCOCC1. The maximum atomic E-state index is 14.0. The highest BCUT2D eigenvalue weighted by Gasteiger charge is 2.30. The molecule has 6 aliphatic heterocycles. The molecule has 7 fully saturated rings. The fourth-order valence-corrected chi connectivity index (χ4v) is 20.1. The minimum atomic E-state index is -0.661. The molecule has 0 radical (unpaired) electrons. The molecular formula is C102H117BrClF3N24O12. The van der Waals surface area contributed by atoms with E-state index >= 15 is 0 Å². The maximum absolute atomic E-state index is 14.0. The number of fused-ring (bicyclic) bond motifs is 6. The number of nitrogens with zero attached hydrogens (tertiary/aromatic N) is 18. The first-order valence-corrected chi connectivity index (χ1v) is 50.7. The highest BCUT2D eigenvalue weighted by Crippen LogP contribution is 2.34. The highest BCUT2D eigenvalue weighted by molar-refractivity contribution is 9.10. The van der Waals surface area contributed by atoms with Crippen molar-refractivity contribution < 1.29 is 41.6 Å². The molecule has 0 atom stereocenters. The van der Waals surface area contributed by atoms with E-state index in [9.17, 15) is 41.9 Å². The normalized spacial score (nSPS) is 16.9. The molecule has 6 N–H and O–H groups in total. The van der Waals surface area contributed by atoms with Crippen LogP contribution >= 0.6 is 27.5 Å². The van der Waals surface area contributed by atoms with Gasteiger partial charge in [0.15, 0.2) is 33.9 Å². The largest absolute Gasteiger partial charge is 0.381 e. The van der Waals surface area contributed by atoms with Gasteiger partial charge in [0.1, 0.15) is 84.7 Å². The molecule has 16 aromatic rings. The van der Waals surface area contributed by atoms with Crippen LogP contribution < -0.4 is 33.4 Å². The maximum Gasteiger partial charge on any atom is 0.262 e. The number of hydrogen-bond donors (Lipinski definition) is 6. The quantitative estimate of drug-likeness (QED) is 0.0409. The predicted octanol–water partition coefficient (Wildman–Crippen LogP) is 15.4. The van der Waals surface area contributed by atoms with Gasteiger partial charge in [-0.3, -0.25) is 28.8 Å². The molecule has 6 saturated heterocycles. The van der Waals surface area contributed by atoms with Gasteiger partial charge in [0.2, 0.25) is 0 Å². The number of ether oxygens (including phenoxy) is 6. The van der Waals surface area contributed by atoms with E-state index in [1.165, 1.54) is 74.7 Å². The molecule has 143 heavy (non-hydrogen) atoms. The van der Waals surface area contributed by atoms with Crippen molar-refractivity contribution >= 4 is 93.7 Å². The number of aromatic amines is 6. The molecule has 0 spiro atoms. The fraction of sp³-hybridized carbons (Fsp3) is 0.471. The van der Waals surface area contributed by atoms with Gasteiger partial charge >= 0.3 is 0 Å². The van der Waals surface area contributed by atoms with Crippen LogP contribution in [0.2, 0.25) is 5.02 Å². The Hall–Kier alpha value is -12.7. The van der Waals surface area contributed by atoms with E-state index in [-0.39, 0.29) is 82.4 Å². The van der Waals surface area contributed by atoms with Crippen LogP contribution in [-0.4, -0.2) is 198 Å². The average Bonchev–Trinajstić information content (AvgIpc) is 1.69. The van der Waals surface area contributed by atoms with Crippen LogP contribution in [-0.2, 0) is 66.9 Å². The Kier molecular flexibility index (Phi) is 33.2. The minimum absolute atomic E-state index is 0.0538. The van der Waals surface area contributed by atoms with E-state index in [4.69, 9.17) is 55.0 Å². The average molecular weight is 2040 g/mol. The molecule has 0 unspecified atom stereocenters. The van der Waals surface area contributed by atoms with E-state index in [0.717, 1.165) is 188 Å². The number of nitrogens with one attached hydrogen (secondary N) is 6. The summed E-state index contributed by atoms with van der Waals surface area (Å²) in [6, 6.07) is 25.2. The number of benzene rings is 4. The van der Waals surface area contributed by atoms with Gasteiger partial charge in [-0.2, -0.15) is 30.6 Å². The smallest absolute Gasteiger partial charge is 0.262 e. The Morgan fingerprint density at radius 3 is 1.02 bits per heavy atom. The first-order chi connectivity index (χ1) is 69.6. The van der Waals surface area contributed by atoms with Crippen molar-refractivity contribution in [1.82, 2.24) is 118 Å². The van der Waals surface area contributed by atoms with Gasteiger partial charge in [-0.25, -0.2) is 71.2 Å². The van der Waals surface area contributed by atoms with Gasteiger partial charge in [0.25, 0.3) is 33.4 Å². The monoisotopic (exact) mass is 2040 g/mol.